The molecule has 2 rings (SSSR count). The lowest BCUT2D eigenvalue weighted by atomic mass is 9.79. The van der Waals surface area contributed by atoms with Crippen LogP contribution in [-0.2, 0) is 0 Å². The summed E-state index contributed by atoms with van der Waals surface area (Å²) >= 11 is 6.10. The molecule has 0 bridgehead atoms. The van der Waals surface area contributed by atoms with Gasteiger partial charge in [-0.25, -0.2) is 0 Å². The van der Waals surface area contributed by atoms with E-state index < -0.39 is 0 Å². The van der Waals surface area contributed by atoms with Crippen molar-refractivity contribution in [3.63, 3.8) is 0 Å². The first-order valence-corrected chi connectivity index (χ1v) is 6.65. The summed E-state index contributed by atoms with van der Waals surface area (Å²) in [4.78, 5) is 0. The van der Waals surface area contributed by atoms with Crippen molar-refractivity contribution in [3.8, 4) is 0 Å². The Kier molecular flexibility index (Phi) is 3.64. The summed E-state index contributed by atoms with van der Waals surface area (Å²) < 4.78 is 0. The van der Waals surface area contributed by atoms with Gasteiger partial charge in [-0.05, 0) is 56.8 Å². The van der Waals surface area contributed by atoms with E-state index in [9.17, 15) is 0 Å². The van der Waals surface area contributed by atoms with Crippen LogP contribution >= 0.6 is 11.6 Å². The quantitative estimate of drug-likeness (QED) is 0.568. The van der Waals surface area contributed by atoms with E-state index in [1.807, 2.05) is 6.07 Å². The predicted octanol–water partition coefficient (Wildman–Crippen LogP) is 3.17. The zero-order chi connectivity index (χ0) is 13.3. The summed E-state index contributed by atoms with van der Waals surface area (Å²) in [7, 11) is 0. The number of piperidine rings is 1. The number of nitrogens with two attached hydrogens (primary N) is 1. The Bertz CT molecular complexity index is 468. The molecule has 18 heavy (non-hydrogen) atoms. The van der Waals surface area contributed by atoms with Crippen molar-refractivity contribution < 1.29 is 0 Å². The topological polar surface area (TPSA) is 61.9 Å². The normalized spacial score (nSPS) is 22.7. The molecule has 1 aromatic rings. The van der Waals surface area contributed by atoms with E-state index in [1.54, 1.807) is 6.07 Å². The van der Waals surface area contributed by atoms with Gasteiger partial charge in [-0.2, -0.15) is 0 Å². The molecule has 0 saturated carbocycles. The summed E-state index contributed by atoms with van der Waals surface area (Å²) in [5, 5.41) is 11.7. The highest BCUT2D eigenvalue weighted by Crippen LogP contribution is 2.36. The fourth-order valence-corrected chi connectivity index (χ4v) is 3.04. The molecule has 0 amide bonds. The fraction of sp³-hybridized carbons (Fsp3) is 0.500. The zero-order valence-corrected chi connectivity index (χ0v) is 11.6. The third-order valence-electron chi connectivity index (χ3n) is 3.65. The lowest BCUT2D eigenvalue weighted by Gasteiger charge is -2.37. The molecule has 1 saturated heterocycles. The summed E-state index contributed by atoms with van der Waals surface area (Å²) in [6.07, 6.45) is 3.44. The van der Waals surface area contributed by atoms with Gasteiger partial charge in [0, 0.05) is 28.0 Å². The first kappa shape index (κ1) is 13.4. The molecule has 1 aliphatic heterocycles. The van der Waals surface area contributed by atoms with Crippen LogP contribution in [0, 0.1) is 5.41 Å². The van der Waals surface area contributed by atoms with Crippen molar-refractivity contribution >= 4 is 23.5 Å². The number of hydrogen-bond acceptors (Lipinski definition) is 3. The van der Waals surface area contributed by atoms with Crippen LogP contribution in [0.3, 0.4) is 0 Å². The molecule has 1 fully saturated rings. The maximum Gasteiger partial charge on any atom is 0.0429 e. The van der Waals surface area contributed by atoms with Gasteiger partial charge in [-0.15, -0.1) is 0 Å². The van der Waals surface area contributed by atoms with E-state index in [2.05, 4.69) is 19.2 Å². The highest BCUT2D eigenvalue weighted by atomic mass is 35.5. The Hall–Kier alpha value is -1.06. The monoisotopic (exact) mass is 265 g/mol. The minimum atomic E-state index is 0.124. The average molecular weight is 266 g/mol. The first-order valence-electron chi connectivity index (χ1n) is 6.27. The van der Waals surface area contributed by atoms with Crippen molar-refractivity contribution in [2.45, 2.75) is 38.1 Å². The standard InChI is InChI=1S/C14H20ClN3/c1-14(2)7-9(3-4-18-14)11-5-10(15)6-13(17)12(11)8-16/h5-6,8-9,16,18H,3-4,7,17H2,1-2H3. The van der Waals surface area contributed by atoms with Crippen LogP contribution in [0.1, 0.15) is 43.7 Å². The predicted molar refractivity (Wildman–Crippen MR) is 77.8 cm³/mol. The third kappa shape index (κ3) is 2.68. The second-order valence-electron chi connectivity index (χ2n) is 5.64. The summed E-state index contributed by atoms with van der Waals surface area (Å²) in [6.45, 7) is 5.40. The molecule has 1 aromatic carbocycles. The van der Waals surface area contributed by atoms with Gasteiger partial charge in [0.2, 0.25) is 0 Å². The second-order valence-corrected chi connectivity index (χ2v) is 6.08. The molecule has 98 valence electrons. The van der Waals surface area contributed by atoms with Crippen LogP contribution in [0.15, 0.2) is 12.1 Å². The number of anilines is 1. The van der Waals surface area contributed by atoms with Crippen LogP contribution in [0.2, 0.25) is 5.02 Å². The smallest absolute Gasteiger partial charge is 0.0429 e. The lowest BCUT2D eigenvalue weighted by Crippen LogP contribution is -2.45. The van der Waals surface area contributed by atoms with Crippen LogP contribution in [0.5, 0.6) is 0 Å². The van der Waals surface area contributed by atoms with Gasteiger partial charge in [0.1, 0.15) is 0 Å². The van der Waals surface area contributed by atoms with Crippen molar-refractivity contribution in [1.82, 2.24) is 5.32 Å². The lowest BCUT2D eigenvalue weighted by molar-refractivity contribution is 0.275. The molecule has 0 radical (unpaired) electrons. The van der Waals surface area contributed by atoms with Gasteiger partial charge in [-0.3, -0.25) is 0 Å². The summed E-state index contributed by atoms with van der Waals surface area (Å²) in [5.41, 5.74) is 8.62. The summed E-state index contributed by atoms with van der Waals surface area (Å²) in [6, 6.07) is 3.68. The molecule has 0 spiro atoms. The Morgan fingerprint density at radius 3 is 2.83 bits per heavy atom. The highest BCUT2D eigenvalue weighted by Gasteiger charge is 2.29. The number of halogens is 1. The number of benzene rings is 1. The molecule has 4 N–H and O–H groups in total. The van der Waals surface area contributed by atoms with Crippen molar-refractivity contribution in [3.05, 3.63) is 28.3 Å². The molecule has 0 aromatic heterocycles. The number of rotatable bonds is 2. The van der Waals surface area contributed by atoms with E-state index in [0.29, 0.717) is 16.6 Å². The van der Waals surface area contributed by atoms with Crippen molar-refractivity contribution in [2.75, 3.05) is 12.3 Å². The largest absolute Gasteiger partial charge is 0.398 e. The van der Waals surface area contributed by atoms with E-state index in [1.165, 1.54) is 6.21 Å². The zero-order valence-electron chi connectivity index (χ0n) is 10.9. The van der Waals surface area contributed by atoms with E-state index in [4.69, 9.17) is 22.7 Å². The molecular weight excluding hydrogens is 246 g/mol. The Labute approximate surface area is 113 Å². The van der Waals surface area contributed by atoms with Crippen molar-refractivity contribution in [2.24, 2.45) is 0 Å². The molecule has 1 heterocycles. The van der Waals surface area contributed by atoms with Gasteiger partial charge in [0.25, 0.3) is 0 Å². The maximum absolute atomic E-state index is 7.55. The molecular formula is C14H20ClN3. The van der Waals surface area contributed by atoms with Gasteiger partial charge >= 0.3 is 0 Å². The minimum absolute atomic E-state index is 0.124. The molecule has 3 nitrogen and oxygen atoms in total. The molecule has 4 heteroatoms. The van der Waals surface area contributed by atoms with E-state index in [0.717, 1.165) is 30.5 Å². The van der Waals surface area contributed by atoms with Gasteiger partial charge < -0.3 is 16.5 Å². The van der Waals surface area contributed by atoms with Gasteiger partial charge in [0.15, 0.2) is 0 Å². The van der Waals surface area contributed by atoms with Crippen molar-refractivity contribution in [1.29, 1.82) is 5.41 Å². The molecule has 1 aliphatic rings. The molecule has 0 aliphatic carbocycles. The van der Waals surface area contributed by atoms with Crippen LogP contribution < -0.4 is 11.1 Å². The first-order chi connectivity index (χ1) is 8.43. The molecule has 1 unspecified atom stereocenters. The van der Waals surface area contributed by atoms with Crippen LogP contribution in [0.4, 0.5) is 5.69 Å². The number of nitrogens with one attached hydrogen (secondary N) is 2. The number of hydrogen-bond donors (Lipinski definition) is 3. The SMILES string of the molecule is CC1(C)CC(c2cc(Cl)cc(N)c2C=N)CCN1. The Morgan fingerprint density at radius 1 is 1.50 bits per heavy atom. The highest BCUT2D eigenvalue weighted by molar-refractivity contribution is 6.31. The number of nitrogen functional groups attached to an aromatic ring is 1. The van der Waals surface area contributed by atoms with Gasteiger partial charge in [0.05, 0.1) is 0 Å². The van der Waals surface area contributed by atoms with E-state index >= 15 is 0 Å². The second kappa shape index (κ2) is 4.90. The van der Waals surface area contributed by atoms with Crippen LogP contribution in [-0.4, -0.2) is 18.3 Å². The Morgan fingerprint density at radius 2 is 2.22 bits per heavy atom. The maximum atomic E-state index is 7.55. The van der Waals surface area contributed by atoms with E-state index in [-0.39, 0.29) is 5.54 Å². The minimum Gasteiger partial charge on any atom is -0.398 e. The Balaban J connectivity index is 2.40. The van der Waals surface area contributed by atoms with Gasteiger partial charge in [-0.1, -0.05) is 11.6 Å². The fourth-order valence-electron chi connectivity index (χ4n) is 2.81. The van der Waals surface area contributed by atoms with Crippen LogP contribution in [0.25, 0.3) is 0 Å². The average Bonchev–Trinajstić information content (AvgIpc) is 2.26. The molecule has 1 atom stereocenters. The third-order valence-corrected chi connectivity index (χ3v) is 3.86. The summed E-state index contributed by atoms with van der Waals surface area (Å²) in [5.74, 6) is 0.416.